The summed E-state index contributed by atoms with van der Waals surface area (Å²) in [6.45, 7) is 3.11. The molecule has 9 heavy (non-hydrogen) atoms. The standard InChI is InChI=1S/C5H5O2.CH3.W/c1-3-4-5(6)7-2;;/h1H2,2H3;1H3;/q2*-1;+2. The van der Waals surface area contributed by atoms with Gasteiger partial charge in [-0.15, -0.1) is 0 Å². The van der Waals surface area contributed by atoms with Gasteiger partial charge in [0, 0.05) is 0 Å². The first-order valence-corrected chi connectivity index (χ1v) is 1.67. The summed E-state index contributed by atoms with van der Waals surface area (Å²) in [6.07, 6.45) is 0. The van der Waals surface area contributed by atoms with Crippen LogP contribution >= 0.6 is 0 Å². The zero-order valence-electron chi connectivity index (χ0n) is 5.43. The molecule has 0 aliphatic carbocycles. The average Bonchev–Trinajstić information content (AvgIpc) is 1.68. The number of ether oxygens (including phenoxy) is 1. The van der Waals surface area contributed by atoms with E-state index in [0.29, 0.717) is 0 Å². The van der Waals surface area contributed by atoms with Crippen LogP contribution in [-0.4, -0.2) is 13.1 Å². The summed E-state index contributed by atoms with van der Waals surface area (Å²) in [5, 5.41) is 0. The predicted molar refractivity (Wildman–Crippen MR) is 31.6 cm³/mol. The number of carbonyl (C=O) groups is 1. The molecule has 0 fully saturated rings. The fourth-order valence-electron chi connectivity index (χ4n) is 0.123. The Morgan fingerprint density at radius 1 is 1.67 bits per heavy atom. The minimum atomic E-state index is -0.546. The van der Waals surface area contributed by atoms with Crippen LogP contribution in [0, 0.1) is 26.2 Å². The predicted octanol–water partition coefficient (Wildman–Crippen LogP) is 0.445. The first-order valence-electron chi connectivity index (χ1n) is 1.67. The Morgan fingerprint density at radius 2 is 2.11 bits per heavy atom. The third kappa shape index (κ3) is 11.3. The molecule has 0 unspecified atom stereocenters. The second-order valence-electron chi connectivity index (χ2n) is 0.793. The molecule has 2 nitrogen and oxygen atoms in total. The molecule has 0 aromatic carbocycles. The van der Waals surface area contributed by atoms with Gasteiger partial charge in [-0.05, 0) is 0 Å². The normalized spacial score (nSPS) is 4.56. The van der Waals surface area contributed by atoms with Gasteiger partial charge in [0.15, 0.2) is 0 Å². The molecule has 0 aromatic rings. The molecule has 3 heteroatoms. The van der Waals surface area contributed by atoms with E-state index in [-0.39, 0.29) is 28.5 Å². The average molecular weight is 296 g/mol. The van der Waals surface area contributed by atoms with E-state index in [0.717, 1.165) is 0 Å². The number of carbonyl (C=O) groups excluding carboxylic acids is 1. The molecule has 0 atom stereocenters. The van der Waals surface area contributed by atoms with Crippen LogP contribution in [0.1, 0.15) is 0 Å². The molecule has 0 aliphatic rings. The molecule has 0 amide bonds. The fraction of sp³-hybridized carbons (Fsp3) is 0.167. The van der Waals surface area contributed by atoms with Gasteiger partial charge in [0.05, 0.1) is 7.11 Å². The van der Waals surface area contributed by atoms with E-state index in [1.54, 1.807) is 0 Å². The van der Waals surface area contributed by atoms with Gasteiger partial charge in [0.25, 0.3) is 5.97 Å². The number of methoxy groups -OCH3 is 1. The largest absolute Gasteiger partial charge is 2.00 e. The van der Waals surface area contributed by atoms with Crippen molar-refractivity contribution in [2.24, 2.45) is 0 Å². The Bertz CT molecular complexity index is 121. The smallest absolute Gasteiger partial charge is 0.474 e. The van der Waals surface area contributed by atoms with Gasteiger partial charge in [-0.25, -0.2) is 5.92 Å². The summed E-state index contributed by atoms with van der Waals surface area (Å²) in [5.41, 5.74) is 0. The Labute approximate surface area is 70.2 Å². The Morgan fingerprint density at radius 3 is 2.22 bits per heavy atom. The number of rotatable bonds is 0. The van der Waals surface area contributed by atoms with Crippen LogP contribution in [0.4, 0.5) is 0 Å². The number of esters is 1. The van der Waals surface area contributed by atoms with Crippen LogP contribution in [0.3, 0.4) is 0 Å². The molecule has 0 saturated carbocycles. The monoisotopic (exact) mass is 296 g/mol. The van der Waals surface area contributed by atoms with Crippen LogP contribution in [-0.2, 0) is 30.6 Å². The Hall–Kier alpha value is -0.412. The van der Waals surface area contributed by atoms with Gasteiger partial charge >= 0.3 is 21.1 Å². The van der Waals surface area contributed by atoms with Crippen molar-refractivity contribution in [3.8, 4) is 11.8 Å². The van der Waals surface area contributed by atoms with Crippen LogP contribution in [0.15, 0.2) is 0 Å². The first-order chi connectivity index (χ1) is 3.31. The fourth-order valence-corrected chi connectivity index (χ4v) is 0.123. The van der Waals surface area contributed by atoms with Crippen molar-refractivity contribution in [3.05, 3.63) is 14.4 Å². The minimum Gasteiger partial charge on any atom is -0.474 e. The quantitative estimate of drug-likeness (QED) is 0.281. The number of hydrogen-bond donors (Lipinski definition) is 0. The Kier molecular flexibility index (Phi) is 18.6. The maximum absolute atomic E-state index is 9.98. The third-order valence-corrected chi connectivity index (χ3v) is 0.376. The van der Waals surface area contributed by atoms with Gasteiger partial charge < -0.3 is 12.2 Å². The summed E-state index contributed by atoms with van der Waals surface area (Å²) >= 11 is 0. The number of hydrogen-bond acceptors (Lipinski definition) is 2. The van der Waals surface area contributed by atoms with Crippen molar-refractivity contribution in [1.82, 2.24) is 0 Å². The second-order valence-corrected chi connectivity index (χ2v) is 0.793. The van der Waals surface area contributed by atoms with Crippen molar-refractivity contribution in [3.63, 3.8) is 0 Å². The van der Waals surface area contributed by atoms with Gasteiger partial charge in [-0.2, -0.15) is 6.92 Å². The molecule has 0 bridgehead atoms. The zero-order chi connectivity index (χ0) is 5.70. The maximum atomic E-state index is 9.98. The molecular weight excluding hydrogens is 288 g/mol. The van der Waals surface area contributed by atoms with Crippen LogP contribution in [0.2, 0.25) is 0 Å². The van der Waals surface area contributed by atoms with E-state index in [4.69, 9.17) is 0 Å². The molecule has 0 aliphatic heterocycles. The van der Waals surface area contributed by atoms with Crippen LogP contribution in [0.5, 0.6) is 0 Å². The van der Waals surface area contributed by atoms with Gasteiger partial charge in [0.1, 0.15) is 0 Å². The van der Waals surface area contributed by atoms with E-state index in [9.17, 15) is 4.79 Å². The van der Waals surface area contributed by atoms with E-state index in [1.165, 1.54) is 7.11 Å². The van der Waals surface area contributed by atoms with E-state index >= 15 is 0 Å². The van der Waals surface area contributed by atoms with E-state index in [1.807, 2.05) is 0 Å². The van der Waals surface area contributed by atoms with Gasteiger partial charge in [-0.1, -0.05) is 0 Å². The maximum Gasteiger partial charge on any atom is 2.00 e. The SMILES string of the molecule is [CH2-]C#CC(=O)OC.[CH3-].[W+2]. The van der Waals surface area contributed by atoms with Crippen LogP contribution < -0.4 is 0 Å². The van der Waals surface area contributed by atoms with E-state index in [2.05, 4.69) is 23.5 Å². The van der Waals surface area contributed by atoms with Gasteiger partial charge in [0.2, 0.25) is 0 Å². The summed E-state index contributed by atoms with van der Waals surface area (Å²) in [5.74, 6) is 3.67. The molecule has 50 valence electrons. The first kappa shape index (κ1) is 15.8. The topological polar surface area (TPSA) is 26.3 Å². The van der Waals surface area contributed by atoms with Gasteiger partial charge in [-0.3, -0.25) is 10.7 Å². The molecule has 0 N–H and O–H groups in total. The third-order valence-electron chi connectivity index (χ3n) is 0.376. The summed E-state index contributed by atoms with van der Waals surface area (Å²) < 4.78 is 4.14. The molecule has 0 saturated heterocycles. The second kappa shape index (κ2) is 10.5. The summed E-state index contributed by atoms with van der Waals surface area (Å²) in [4.78, 5) is 9.98. The van der Waals surface area contributed by atoms with Crippen molar-refractivity contribution < 1.29 is 30.6 Å². The van der Waals surface area contributed by atoms with E-state index < -0.39 is 5.97 Å². The molecule has 0 aromatic heterocycles. The van der Waals surface area contributed by atoms with Crippen LogP contribution in [0.25, 0.3) is 0 Å². The summed E-state index contributed by atoms with van der Waals surface area (Å²) in [7, 11) is 1.27. The van der Waals surface area contributed by atoms with Crippen molar-refractivity contribution in [1.29, 1.82) is 0 Å². The van der Waals surface area contributed by atoms with Crippen molar-refractivity contribution in [2.75, 3.05) is 7.11 Å². The zero-order valence-corrected chi connectivity index (χ0v) is 8.37. The van der Waals surface area contributed by atoms with Crippen molar-refractivity contribution in [2.45, 2.75) is 0 Å². The molecule has 0 rings (SSSR count). The molecule has 0 radical (unpaired) electrons. The minimum absolute atomic E-state index is 0. The Balaban J connectivity index is -0.000000180. The molecular formula is C6H8O2W. The van der Waals surface area contributed by atoms with Crippen molar-refractivity contribution >= 4 is 5.97 Å². The molecule has 0 spiro atoms. The molecule has 0 heterocycles. The summed E-state index contributed by atoms with van der Waals surface area (Å²) in [6, 6.07) is 0.